The summed E-state index contributed by atoms with van der Waals surface area (Å²) in [5.41, 5.74) is 1.05. The van der Waals surface area contributed by atoms with Gasteiger partial charge in [-0.3, -0.25) is 14.5 Å². The third-order valence-corrected chi connectivity index (χ3v) is 4.75. The van der Waals surface area contributed by atoms with Gasteiger partial charge in [0.15, 0.2) is 10.6 Å². The first kappa shape index (κ1) is 14.1. The molecule has 2 fully saturated rings. The summed E-state index contributed by atoms with van der Waals surface area (Å²) < 4.78 is 5.03. The Bertz CT molecular complexity index is 712. The van der Waals surface area contributed by atoms with Gasteiger partial charge < -0.3 is 0 Å². The molecule has 5 nitrogen and oxygen atoms in total. The maximum Gasteiger partial charge on any atom is 0.199 e. The standard InChI is InChI=1S/C16H21N5S/c1-19(10-12-4-5-12)11-20-16(22)21(14-6-7-14)15(18-20)13-3-2-8-17-9-13/h2-3,8-9,12,14H,4-7,10-11H2,1H3. The maximum absolute atomic E-state index is 5.69. The molecular weight excluding hydrogens is 294 g/mol. The lowest BCUT2D eigenvalue weighted by atomic mass is 10.3. The van der Waals surface area contributed by atoms with Gasteiger partial charge in [0, 0.05) is 30.5 Å². The predicted molar refractivity (Wildman–Crippen MR) is 87.9 cm³/mol. The van der Waals surface area contributed by atoms with Crippen LogP contribution in [0.4, 0.5) is 0 Å². The van der Waals surface area contributed by atoms with E-state index in [4.69, 9.17) is 17.3 Å². The highest BCUT2D eigenvalue weighted by Crippen LogP contribution is 2.38. The van der Waals surface area contributed by atoms with Crippen molar-refractivity contribution in [2.45, 2.75) is 38.4 Å². The van der Waals surface area contributed by atoms with Crippen LogP contribution in [0.1, 0.15) is 31.7 Å². The van der Waals surface area contributed by atoms with E-state index in [-0.39, 0.29) is 0 Å². The summed E-state index contributed by atoms with van der Waals surface area (Å²) in [7, 11) is 2.15. The average molecular weight is 315 g/mol. The minimum Gasteiger partial charge on any atom is -0.297 e. The third kappa shape index (κ3) is 2.85. The monoisotopic (exact) mass is 315 g/mol. The summed E-state index contributed by atoms with van der Waals surface area (Å²) in [6.45, 7) is 1.91. The summed E-state index contributed by atoms with van der Waals surface area (Å²) in [4.78, 5) is 6.55. The zero-order valence-electron chi connectivity index (χ0n) is 12.9. The van der Waals surface area contributed by atoms with E-state index in [9.17, 15) is 0 Å². The zero-order valence-corrected chi connectivity index (χ0v) is 13.7. The van der Waals surface area contributed by atoms with Gasteiger partial charge in [0.05, 0.1) is 6.67 Å². The lowest BCUT2D eigenvalue weighted by molar-refractivity contribution is 0.242. The van der Waals surface area contributed by atoms with Crippen LogP contribution in [0.3, 0.4) is 0 Å². The molecule has 0 radical (unpaired) electrons. The molecule has 2 aliphatic rings. The molecule has 2 saturated carbocycles. The highest BCUT2D eigenvalue weighted by Gasteiger charge is 2.29. The van der Waals surface area contributed by atoms with E-state index >= 15 is 0 Å². The fourth-order valence-electron chi connectivity index (χ4n) is 2.89. The number of hydrogen-bond acceptors (Lipinski definition) is 4. The van der Waals surface area contributed by atoms with Gasteiger partial charge in [0.25, 0.3) is 0 Å². The molecule has 0 atom stereocenters. The molecule has 0 N–H and O–H groups in total. The predicted octanol–water partition coefficient (Wildman–Crippen LogP) is 3.11. The van der Waals surface area contributed by atoms with Crippen molar-refractivity contribution >= 4 is 12.2 Å². The number of pyridine rings is 1. The van der Waals surface area contributed by atoms with Crippen LogP contribution >= 0.6 is 12.2 Å². The Balaban J connectivity index is 1.66. The van der Waals surface area contributed by atoms with E-state index in [2.05, 4.69) is 27.6 Å². The SMILES string of the molecule is CN(CC1CC1)Cn1nc(-c2cccnc2)n(C2CC2)c1=S. The third-order valence-electron chi connectivity index (χ3n) is 4.34. The Labute approximate surface area is 135 Å². The molecule has 0 unspecified atom stereocenters. The summed E-state index contributed by atoms with van der Waals surface area (Å²) in [5.74, 6) is 1.84. The van der Waals surface area contributed by atoms with Crippen LogP contribution in [0.25, 0.3) is 11.4 Å². The van der Waals surface area contributed by atoms with E-state index in [1.54, 1.807) is 6.20 Å². The first-order chi connectivity index (χ1) is 10.7. The van der Waals surface area contributed by atoms with Crippen molar-refractivity contribution in [1.29, 1.82) is 0 Å². The molecule has 0 aliphatic heterocycles. The fraction of sp³-hybridized carbons (Fsp3) is 0.562. The molecule has 6 heteroatoms. The Kier molecular flexibility index (Phi) is 3.58. The second-order valence-corrected chi connectivity index (χ2v) is 6.94. The van der Waals surface area contributed by atoms with Crippen molar-refractivity contribution in [2.24, 2.45) is 5.92 Å². The van der Waals surface area contributed by atoms with Gasteiger partial charge in [-0.25, -0.2) is 4.68 Å². The first-order valence-corrected chi connectivity index (χ1v) is 8.41. The average Bonchev–Trinajstić information content (AvgIpc) is 3.42. The van der Waals surface area contributed by atoms with Crippen LogP contribution in [-0.2, 0) is 6.67 Å². The van der Waals surface area contributed by atoms with Crippen LogP contribution in [0.15, 0.2) is 24.5 Å². The van der Waals surface area contributed by atoms with E-state index in [0.717, 1.165) is 35.3 Å². The number of hydrogen-bond donors (Lipinski definition) is 0. The lowest BCUT2D eigenvalue weighted by Crippen LogP contribution is -2.25. The smallest absolute Gasteiger partial charge is 0.199 e. The minimum absolute atomic E-state index is 0.519. The molecule has 4 rings (SSSR count). The molecule has 2 heterocycles. The van der Waals surface area contributed by atoms with Gasteiger partial charge in [-0.05, 0) is 63.0 Å². The second-order valence-electron chi connectivity index (χ2n) is 6.57. The molecule has 2 aromatic rings. The Morgan fingerprint density at radius 2 is 2.14 bits per heavy atom. The summed E-state index contributed by atoms with van der Waals surface area (Å²) in [6, 6.07) is 4.53. The van der Waals surface area contributed by atoms with Crippen LogP contribution in [0.2, 0.25) is 0 Å². The van der Waals surface area contributed by atoms with Gasteiger partial charge in [-0.15, -0.1) is 0 Å². The number of nitrogens with zero attached hydrogens (tertiary/aromatic N) is 5. The molecule has 2 aromatic heterocycles. The van der Waals surface area contributed by atoms with Crippen molar-refractivity contribution in [3.63, 3.8) is 0 Å². The Morgan fingerprint density at radius 3 is 2.77 bits per heavy atom. The summed E-state index contributed by atoms with van der Waals surface area (Å²) >= 11 is 5.69. The van der Waals surface area contributed by atoms with Gasteiger partial charge >= 0.3 is 0 Å². The van der Waals surface area contributed by atoms with Gasteiger partial charge in [-0.1, -0.05) is 0 Å². The van der Waals surface area contributed by atoms with Gasteiger partial charge in [0.2, 0.25) is 0 Å². The number of rotatable bonds is 6. The Morgan fingerprint density at radius 1 is 1.32 bits per heavy atom. The van der Waals surface area contributed by atoms with E-state index in [1.165, 1.54) is 25.7 Å². The van der Waals surface area contributed by atoms with E-state index in [1.807, 2.05) is 16.9 Å². The molecule has 22 heavy (non-hydrogen) atoms. The highest BCUT2D eigenvalue weighted by atomic mass is 32.1. The fourth-order valence-corrected chi connectivity index (χ4v) is 3.23. The van der Waals surface area contributed by atoms with Crippen molar-refractivity contribution < 1.29 is 0 Å². The van der Waals surface area contributed by atoms with Crippen molar-refractivity contribution in [3.8, 4) is 11.4 Å². The molecule has 116 valence electrons. The van der Waals surface area contributed by atoms with Crippen LogP contribution in [0.5, 0.6) is 0 Å². The van der Waals surface area contributed by atoms with Crippen molar-refractivity contribution in [1.82, 2.24) is 24.2 Å². The summed E-state index contributed by atoms with van der Waals surface area (Å²) in [6.07, 6.45) is 8.80. The topological polar surface area (TPSA) is 38.9 Å². The quantitative estimate of drug-likeness (QED) is 0.768. The molecular formula is C16H21N5S. The van der Waals surface area contributed by atoms with E-state index in [0.29, 0.717) is 6.04 Å². The second kappa shape index (κ2) is 5.59. The lowest BCUT2D eigenvalue weighted by Gasteiger charge is -2.15. The largest absolute Gasteiger partial charge is 0.297 e. The molecule has 0 aromatic carbocycles. The summed E-state index contributed by atoms with van der Waals surface area (Å²) in [5, 5.41) is 4.80. The molecule has 2 aliphatic carbocycles. The molecule has 0 amide bonds. The highest BCUT2D eigenvalue weighted by molar-refractivity contribution is 7.71. The van der Waals surface area contributed by atoms with E-state index < -0.39 is 0 Å². The van der Waals surface area contributed by atoms with Crippen LogP contribution < -0.4 is 0 Å². The van der Waals surface area contributed by atoms with Gasteiger partial charge in [0.1, 0.15) is 0 Å². The van der Waals surface area contributed by atoms with Crippen molar-refractivity contribution in [2.75, 3.05) is 13.6 Å². The molecule has 0 bridgehead atoms. The minimum atomic E-state index is 0.519. The van der Waals surface area contributed by atoms with Gasteiger partial charge in [-0.2, -0.15) is 5.10 Å². The number of aromatic nitrogens is 4. The molecule has 0 spiro atoms. The first-order valence-electron chi connectivity index (χ1n) is 8.00. The van der Waals surface area contributed by atoms with Crippen molar-refractivity contribution in [3.05, 3.63) is 29.3 Å². The van der Waals surface area contributed by atoms with Crippen LogP contribution in [0, 0.1) is 10.7 Å². The maximum atomic E-state index is 5.69. The normalized spacial score (nSPS) is 18.1. The Hall–Kier alpha value is -1.53. The molecule has 0 saturated heterocycles. The van der Waals surface area contributed by atoms with Crippen LogP contribution in [-0.4, -0.2) is 37.8 Å². The zero-order chi connectivity index (χ0) is 15.1.